The van der Waals surface area contributed by atoms with Crippen molar-refractivity contribution >= 4 is 27.7 Å². The average molecular weight is 263 g/mol. The first-order valence-corrected chi connectivity index (χ1v) is 5.75. The van der Waals surface area contributed by atoms with E-state index in [-0.39, 0.29) is 6.79 Å². The molecule has 1 aromatic carbocycles. The van der Waals surface area contributed by atoms with Gasteiger partial charge in [-0.2, -0.15) is 0 Å². The van der Waals surface area contributed by atoms with Gasteiger partial charge in [-0.05, 0) is 34.3 Å². The van der Waals surface area contributed by atoms with Crippen LogP contribution < -0.4 is 4.74 Å². The molecule has 0 aliphatic rings. The second kappa shape index (κ2) is 5.52. The minimum atomic E-state index is 0.274. The molecule has 0 spiro atoms. The summed E-state index contributed by atoms with van der Waals surface area (Å²) in [7, 11) is 1.61. The molecule has 0 heterocycles. The molecule has 0 aromatic heterocycles. The number of benzene rings is 1. The molecule has 1 aromatic rings. The van der Waals surface area contributed by atoms with Crippen LogP contribution in [0.1, 0.15) is 0 Å². The molecular weight excluding hydrogens is 252 g/mol. The molecule has 0 saturated heterocycles. The fourth-order valence-corrected chi connectivity index (χ4v) is 2.09. The minimum absolute atomic E-state index is 0.274. The fraction of sp³-hybridized carbons (Fsp3) is 0.333. The first-order chi connectivity index (χ1) is 6.29. The summed E-state index contributed by atoms with van der Waals surface area (Å²) in [6.45, 7) is 0.274. The molecule has 2 nitrogen and oxygen atoms in total. The molecule has 0 fully saturated rings. The first kappa shape index (κ1) is 10.9. The topological polar surface area (TPSA) is 18.5 Å². The molecule has 0 bridgehead atoms. The summed E-state index contributed by atoms with van der Waals surface area (Å²) in [4.78, 5) is 1.10. The molecule has 0 aliphatic heterocycles. The van der Waals surface area contributed by atoms with Crippen LogP contribution in [0, 0.1) is 0 Å². The Morgan fingerprint density at radius 3 is 2.85 bits per heavy atom. The third-order valence-electron chi connectivity index (χ3n) is 1.47. The van der Waals surface area contributed by atoms with Gasteiger partial charge in [-0.15, -0.1) is 11.8 Å². The van der Waals surface area contributed by atoms with Gasteiger partial charge in [0.25, 0.3) is 0 Å². The van der Waals surface area contributed by atoms with E-state index in [4.69, 9.17) is 9.47 Å². The molecule has 72 valence electrons. The summed E-state index contributed by atoms with van der Waals surface area (Å²) >= 11 is 5.07. The molecule has 13 heavy (non-hydrogen) atoms. The second-order valence-corrected chi connectivity index (χ2v) is 4.02. The van der Waals surface area contributed by atoms with Crippen LogP contribution in [-0.4, -0.2) is 20.2 Å². The molecule has 1 rings (SSSR count). The van der Waals surface area contributed by atoms with Gasteiger partial charge in [0.15, 0.2) is 6.79 Å². The van der Waals surface area contributed by atoms with Gasteiger partial charge < -0.3 is 9.47 Å². The summed E-state index contributed by atoms with van der Waals surface area (Å²) < 4.78 is 11.2. The highest BCUT2D eigenvalue weighted by Crippen LogP contribution is 2.34. The maximum atomic E-state index is 5.42. The quantitative estimate of drug-likeness (QED) is 0.614. The van der Waals surface area contributed by atoms with E-state index >= 15 is 0 Å². The van der Waals surface area contributed by atoms with Gasteiger partial charge in [0, 0.05) is 7.11 Å². The maximum Gasteiger partial charge on any atom is 0.188 e. The van der Waals surface area contributed by atoms with Crippen molar-refractivity contribution in [2.24, 2.45) is 0 Å². The molecule has 4 heteroatoms. The largest absolute Gasteiger partial charge is 0.465 e. The van der Waals surface area contributed by atoms with Gasteiger partial charge in [-0.1, -0.05) is 6.07 Å². The van der Waals surface area contributed by atoms with Crippen molar-refractivity contribution in [3.8, 4) is 5.75 Å². The zero-order valence-corrected chi connectivity index (χ0v) is 9.94. The SMILES string of the molecule is COCOc1c(Br)cccc1SC. The van der Waals surface area contributed by atoms with Crippen molar-refractivity contribution in [3.05, 3.63) is 22.7 Å². The smallest absolute Gasteiger partial charge is 0.188 e. The molecular formula is C9H11BrO2S. The van der Waals surface area contributed by atoms with Gasteiger partial charge in [-0.25, -0.2) is 0 Å². The summed E-state index contributed by atoms with van der Waals surface area (Å²) in [5.74, 6) is 0.844. The highest BCUT2D eigenvalue weighted by Gasteiger charge is 2.06. The maximum absolute atomic E-state index is 5.42. The van der Waals surface area contributed by atoms with Crippen molar-refractivity contribution in [1.82, 2.24) is 0 Å². The number of ether oxygens (including phenoxy) is 2. The van der Waals surface area contributed by atoms with Gasteiger partial charge >= 0.3 is 0 Å². The minimum Gasteiger partial charge on any atom is -0.465 e. The average Bonchev–Trinajstić information content (AvgIpc) is 2.15. The van der Waals surface area contributed by atoms with Crippen LogP contribution in [0.2, 0.25) is 0 Å². The second-order valence-electron chi connectivity index (χ2n) is 2.32. The van der Waals surface area contributed by atoms with Gasteiger partial charge in [0.1, 0.15) is 5.75 Å². The van der Waals surface area contributed by atoms with Crippen LogP contribution in [0.15, 0.2) is 27.6 Å². The number of para-hydroxylation sites is 1. The predicted octanol–water partition coefficient (Wildman–Crippen LogP) is 3.15. The van der Waals surface area contributed by atoms with E-state index < -0.39 is 0 Å². The lowest BCUT2D eigenvalue weighted by atomic mass is 10.3. The van der Waals surface area contributed by atoms with Crippen molar-refractivity contribution < 1.29 is 9.47 Å². The van der Waals surface area contributed by atoms with Gasteiger partial charge in [0.2, 0.25) is 0 Å². The van der Waals surface area contributed by atoms with E-state index in [1.807, 2.05) is 24.5 Å². The molecule has 0 N–H and O–H groups in total. The van der Waals surface area contributed by atoms with Crippen LogP contribution in [0.5, 0.6) is 5.75 Å². The molecule has 0 unspecified atom stereocenters. The Balaban J connectivity index is 2.87. The van der Waals surface area contributed by atoms with E-state index in [9.17, 15) is 0 Å². The molecule has 0 atom stereocenters. The van der Waals surface area contributed by atoms with Gasteiger partial charge in [0.05, 0.1) is 9.37 Å². The fourth-order valence-electron chi connectivity index (χ4n) is 0.908. The van der Waals surface area contributed by atoms with Crippen LogP contribution in [0.25, 0.3) is 0 Å². The molecule has 0 saturated carbocycles. The zero-order chi connectivity index (χ0) is 9.68. The molecule has 0 amide bonds. The van der Waals surface area contributed by atoms with Gasteiger partial charge in [-0.3, -0.25) is 0 Å². The Morgan fingerprint density at radius 2 is 2.23 bits per heavy atom. The summed E-state index contributed by atoms with van der Waals surface area (Å²) in [6.07, 6.45) is 2.02. The lowest BCUT2D eigenvalue weighted by Gasteiger charge is -2.10. The Kier molecular flexibility index (Phi) is 4.62. The molecule has 0 aliphatic carbocycles. The van der Waals surface area contributed by atoms with Crippen molar-refractivity contribution in [1.29, 1.82) is 0 Å². The number of methoxy groups -OCH3 is 1. The van der Waals surface area contributed by atoms with Crippen LogP contribution >= 0.6 is 27.7 Å². The van der Waals surface area contributed by atoms with E-state index in [0.717, 1.165) is 15.1 Å². The van der Waals surface area contributed by atoms with Crippen molar-refractivity contribution in [3.63, 3.8) is 0 Å². The number of rotatable bonds is 4. The number of thioether (sulfide) groups is 1. The summed E-state index contributed by atoms with van der Waals surface area (Å²) in [5, 5.41) is 0. The third kappa shape index (κ3) is 2.90. The summed E-state index contributed by atoms with van der Waals surface area (Å²) in [6, 6.07) is 5.95. The monoisotopic (exact) mass is 262 g/mol. The number of hydrogen-bond donors (Lipinski definition) is 0. The predicted molar refractivity (Wildman–Crippen MR) is 58.4 cm³/mol. The Morgan fingerprint density at radius 1 is 1.46 bits per heavy atom. The zero-order valence-electron chi connectivity index (χ0n) is 7.54. The van der Waals surface area contributed by atoms with Crippen LogP contribution in [-0.2, 0) is 4.74 Å². The van der Waals surface area contributed by atoms with E-state index in [0.29, 0.717) is 0 Å². The van der Waals surface area contributed by atoms with Crippen LogP contribution in [0.3, 0.4) is 0 Å². The Hall–Kier alpha value is -0.190. The third-order valence-corrected chi connectivity index (χ3v) is 2.86. The standard InChI is InChI=1S/C9H11BrO2S/c1-11-6-12-9-7(10)4-3-5-8(9)13-2/h3-5H,6H2,1-2H3. The van der Waals surface area contributed by atoms with E-state index in [1.165, 1.54) is 0 Å². The highest BCUT2D eigenvalue weighted by molar-refractivity contribution is 9.10. The first-order valence-electron chi connectivity index (χ1n) is 3.74. The normalized spacial score (nSPS) is 10.1. The Labute approximate surface area is 90.7 Å². The van der Waals surface area contributed by atoms with Crippen molar-refractivity contribution in [2.45, 2.75) is 4.90 Å². The van der Waals surface area contributed by atoms with E-state index in [1.54, 1.807) is 18.9 Å². The Bertz CT molecular complexity index is 278. The lowest BCUT2D eigenvalue weighted by molar-refractivity contribution is 0.0486. The highest BCUT2D eigenvalue weighted by atomic mass is 79.9. The van der Waals surface area contributed by atoms with Crippen molar-refractivity contribution in [2.75, 3.05) is 20.2 Å². The lowest BCUT2D eigenvalue weighted by Crippen LogP contribution is -2.00. The summed E-state index contributed by atoms with van der Waals surface area (Å²) in [5.41, 5.74) is 0. The number of hydrogen-bond acceptors (Lipinski definition) is 3. The molecule has 0 radical (unpaired) electrons. The van der Waals surface area contributed by atoms with E-state index in [2.05, 4.69) is 15.9 Å². The number of halogens is 1. The van der Waals surface area contributed by atoms with Crippen LogP contribution in [0.4, 0.5) is 0 Å².